The molecule has 0 saturated heterocycles. The van der Waals surface area contributed by atoms with Crippen molar-refractivity contribution in [1.82, 2.24) is 9.55 Å². The third kappa shape index (κ3) is 4.42. The number of amides is 2. The summed E-state index contributed by atoms with van der Waals surface area (Å²) in [4.78, 5) is 28.9. The number of aromatic nitrogens is 2. The number of rotatable bonds is 5. The van der Waals surface area contributed by atoms with Crippen LogP contribution in [0.25, 0.3) is 10.9 Å². The maximum absolute atomic E-state index is 13.2. The largest absolute Gasteiger partial charge is 0.383 e. The predicted octanol–water partition coefficient (Wildman–Crippen LogP) is 3.48. The van der Waals surface area contributed by atoms with Crippen LogP contribution < -0.4 is 16.2 Å². The van der Waals surface area contributed by atoms with Gasteiger partial charge < -0.3 is 15.4 Å². The minimum atomic E-state index is -0.575. The van der Waals surface area contributed by atoms with E-state index in [1.165, 1.54) is 23.0 Å². The zero-order chi connectivity index (χ0) is 19.4. The highest BCUT2D eigenvalue weighted by molar-refractivity contribution is 6.31. The molecule has 0 aliphatic carbocycles. The van der Waals surface area contributed by atoms with Crippen molar-refractivity contribution < 1.29 is 13.9 Å². The average molecular weight is 391 g/mol. The molecule has 0 radical (unpaired) electrons. The Morgan fingerprint density at radius 3 is 2.63 bits per heavy atom. The van der Waals surface area contributed by atoms with Gasteiger partial charge >= 0.3 is 6.03 Å². The fourth-order valence-corrected chi connectivity index (χ4v) is 2.63. The van der Waals surface area contributed by atoms with E-state index in [2.05, 4.69) is 15.6 Å². The van der Waals surface area contributed by atoms with Crippen LogP contribution in [0.5, 0.6) is 0 Å². The fourth-order valence-electron chi connectivity index (χ4n) is 2.45. The number of nitrogens with one attached hydrogen (secondary N) is 2. The molecular weight excluding hydrogens is 375 g/mol. The minimum Gasteiger partial charge on any atom is -0.383 e. The van der Waals surface area contributed by atoms with Crippen LogP contribution in [0.4, 0.5) is 20.6 Å². The highest BCUT2D eigenvalue weighted by Gasteiger charge is 2.09. The number of halogens is 2. The van der Waals surface area contributed by atoms with Crippen LogP contribution in [-0.4, -0.2) is 29.3 Å². The molecular formula is C18H16ClFN4O3. The summed E-state index contributed by atoms with van der Waals surface area (Å²) in [5.74, 6) is -0.575. The van der Waals surface area contributed by atoms with Crippen LogP contribution in [0.1, 0.15) is 0 Å². The molecule has 0 aliphatic rings. The quantitative estimate of drug-likeness (QED) is 0.698. The lowest BCUT2D eigenvalue weighted by atomic mass is 10.2. The SMILES string of the molecule is COCCn1cnc2ccc(NC(=O)Nc3ccc(F)c(Cl)c3)cc2c1=O. The van der Waals surface area contributed by atoms with Gasteiger partial charge in [0.1, 0.15) is 5.82 Å². The molecule has 9 heteroatoms. The van der Waals surface area contributed by atoms with Crippen molar-refractivity contribution in [3.63, 3.8) is 0 Å². The van der Waals surface area contributed by atoms with E-state index in [0.717, 1.165) is 6.07 Å². The number of fused-ring (bicyclic) bond motifs is 1. The summed E-state index contributed by atoms with van der Waals surface area (Å²) < 4.78 is 19.6. The van der Waals surface area contributed by atoms with Crippen LogP contribution in [0.2, 0.25) is 5.02 Å². The van der Waals surface area contributed by atoms with Gasteiger partial charge in [-0.2, -0.15) is 0 Å². The number of anilines is 2. The van der Waals surface area contributed by atoms with Gasteiger partial charge in [0.2, 0.25) is 0 Å². The van der Waals surface area contributed by atoms with Gasteiger partial charge in [-0.05, 0) is 36.4 Å². The van der Waals surface area contributed by atoms with Crippen LogP contribution >= 0.6 is 11.6 Å². The van der Waals surface area contributed by atoms with E-state index < -0.39 is 11.8 Å². The first-order chi connectivity index (χ1) is 13.0. The third-order valence-electron chi connectivity index (χ3n) is 3.80. The lowest BCUT2D eigenvalue weighted by molar-refractivity contribution is 0.186. The molecule has 0 unspecified atom stereocenters. The van der Waals surface area contributed by atoms with Gasteiger partial charge in [0.25, 0.3) is 5.56 Å². The summed E-state index contributed by atoms with van der Waals surface area (Å²) in [6.07, 6.45) is 1.46. The summed E-state index contributed by atoms with van der Waals surface area (Å²) >= 11 is 5.69. The van der Waals surface area contributed by atoms with Gasteiger partial charge in [-0.1, -0.05) is 11.6 Å². The molecule has 0 saturated carbocycles. The smallest absolute Gasteiger partial charge is 0.323 e. The number of benzene rings is 2. The van der Waals surface area contributed by atoms with Crippen molar-refractivity contribution >= 4 is 39.9 Å². The van der Waals surface area contributed by atoms with Crippen molar-refractivity contribution in [3.05, 3.63) is 63.9 Å². The number of methoxy groups -OCH3 is 1. The molecule has 2 N–H and O–H groups in total. The van der Waals surface area contributed by atoms with Crippen LogP contribution in [0.15, 0.2) is 47.5 Å². The molecule has 1 aromatic heterocycles. The topological polar surface area (TPSA) is 85.2 Å². The Balaban J connectivity index is 1.79. The summed E-state index contributed by atoms with van der Waals surface area (Å²) in [5.41, 5.74) is 1.04. The number of carbonyl (C=O) groups is 1. The normalized spacial score (nSPS) is 10.8. The Kier molecular flexibility index (Phi) is 5.68. The molecule has 0 bridgehead atoms. The molecule has 0 aliphatic heterocycles. The standard InChI is InChI=1S/C18H16ClFN4O3/c1-27-7-6-24-10-21-16-5-3-11(8-13(16)17(24)25)22-18(26)23-12-2-4-15(20)14(19)9-12/h2-5,8-10H,6-7H2,1H3,(H2,22,23,26). The summed E-state index contributed by atoms with van der Waals surface area (Å²) in [6, 6.07) is 8.11. The molecule has 27 heavy (non-hydrogen) atoms. The minimum absolute atomic E-state index is 0.0961. The van der Waals surface area contributed by atoms with E-state index >= 15 is 0 Å². The molecule has 0 atom stereocenters. The Bertz CT molecular complexity index is 1050. The summed E-state index contributed by atoms with van der Waals surface area (Å²) in [6.45, 7) is 0.759. The van der Waals surface area contributed by atoms with Crippen LogP contribution in [0, 0.1) is 5.82 Å². The molecule has 1 heterocycles. The van der Waals surface area contributed by atoms with E-state index in [1.807, 2.05) is 0 Å². The van der Waals surface area contributed by atoms with Gasteiger partial charge in [0.05, 0.1) is 35.4 Å². The highest BCUT2D eigenvalue weighted by atomic mass is 35.5. The first kappa shape index (κ1) is 18.8. The zero-order valence-corrected chi connectivity index (χ0v) is 15.1. The van der Waals surface area contributed by atoms with Gasteiger partial charge in [0, 0.05) is 18.5 Å². The van der Waals surface area contributed by atoms with Crippen molar-refractivity contribution in [2.75, 3.05) is 24.4 Å². The van der Waals surface area contributed by atoms with Crippen molar-refractivity contribution in [2.24, 2.45) is 0 Å². The number of urea groups is 1. The van der Waals surface area contributed by atoms with Gasteiger partial charge in [0.15, 0.2) is 0 Å². The first-order valence-corrected chi connectivity index (χ1v) is 8.37. The molecule has 0 spiro atoms. The third-order valence-corrected chi connectivity index (χ3v) is 4.09. The van der Waals surface area contributed by atoms with E-state index in [-0.39, 0.29) is 10.6 Å². The van der Waals surface area contributed by atoms with Crippen LogP contribution in [-0.2, 0) is 11.3 Å². The summed E-state index contributed by atoms with van der Waals surface area (Å²) in [7, 11) is 1.55. The maximum Gasteiger partial charge on any atom is 0.323 e. The molecule has 2 aromatic carbocycles. The number of nitrogens with zero attached hydrogens (tertiary/aromatic N) is 2. The molecule has 3 aromatic rings. The van der Waals surface area contributed by atoms with E-state index in [1.54, 1.807) is 25.3 Å². The molecule has 140 valence electrons. The summed E-state index contributed by atoms with van der Waals surface area (Å²) in [5, 5.41) is 5.44. The molecule has 7 nitrogen and oxygen atoms in total. The number of carbonyl (C=O) groups excluding carboxylic acids is 1. The van der Waals surface area contributed by atoms with E-state index in [4.69, 9.17) is 16.3 Å². The average Bonchev–Trinajstić information content (AvgIpc) is 2.64. The Hall–Kier alpha value is -2.97. The molecule has 0 fully saturated rings. The van der Waals surface area contributed by atoms with Gasteiger partial charge in [-0.3, -0.25) is 9.36 Å². The van der Waals surface area contributed by atoms with Crippen molar-refractivity contribution in [2.45, 2.75) is 6.54 Å². The zero-order valence-electron chi connectivity index (χ0n) is 14.3. The predicted molar refractivity (Wildman–Crippen MR) is 102 cm³/mol. The van der Waals surface area contributed by atoms with Crippen molar-refractivity contribution in [3.8, 4) is 0 Å². The lowest BCUT2D eigenvalue weighted by Crippen LogP contribution is -2.23. The maximum atomic E-state index is 13.2. The Labute approximate surface area is 158 Å². The van der Waals surface area contributed by atoms with Crippen LogP contribution in [0.3, 0.4) is 0 Å². The monoisotopic (exact) mass is 390 g/mol. The Morgan fingerprint density at radius 1 is 1.22 bits per heavy atom. The second-order valence-corrected chi connectivity index (χ2v) is 6.08. The first-order valence-electron chi connectivity index (χ1n) is 7.99. The molecule has 2 amide bonds. The second kappa shape index (κ2) is 8.15. The number of hydrogen-bond donors (Lipinski definition) is 2. The number of hydrogen-bond acceptors (Lipinski definition) is 4. The van der Waals surface area contributed by atoms with Gasteiger partial charge in [-0.25, -0.2) is 14.2 Å². The van der Waals surface area contributed by atoms with E-state index in [9.17, 15) is 14.0 Å². The Morgan fingerprint density at radius 2 is 1.93 bits per heavy atom. The second-order valence-electron chi connectivity index (χ2n) is 5.68. The van der Waals surface area contributed by atoms with Gasteiger partial charge in [-0.15, -0.1) is 0 Å². The fraction of sp³-hybridized carbons (Fsp3) is 0.167. The van der Waals surface area contributed by atoms with Crippen molar-refractivity contribution in [1.29, 1.82) is 0 Å². The number of ether oxygens (including phenoxy) is 1. The molecule has 3 rings (SSSR count). The highest BCUT2D eigenvalue weighted by Crippen LogP contribution is 2.20. The lowest BCUT2D eigenvalue weighted by Gasteiger charge is -2.10. The van der Waals surface area contributed by atoms with E-state index in [0.29, 0.717) is 35.4 Å².